The minimum absolute atomic E-state index is 0.00696. The quantitative estimate of drug-likeness (QED) is 0.727. The summed E-state index contributed by atoms with van der Waals surface area (Å²) in [5.41, 5.74) is -1.36. The molecule has 0 amide bonds. The average Bonchev–Trinajstić information content (AvgIpc) is 3.31. The van der Waals surface area contributed by atoms with Gasteiger partial charge in [0.25, 0.3) is 0 Å². The molecular formula is C22H33NO5. The lowest BCUT2D eigenvalue weighted by molar-refractivity contribution is -0.157. The first-order chi connectivity index (χ1) is 13.3. The van der Waals surface area contributed by atoms with Gasteiger partial charge in [0.1, 0.15) is 12.2 Å². The molecule has 6 nitrogen and oxygen atoms in total. The molecule has 1 N–H and O–H groups in total. The smallest absolute Gasteiger partial charge is 0.338 e. The third-order valence-electron chi connectivity index (χ3n) is 8.70. The van der Waals surface area contributed by atoms with Gasteiger partial charge in [-0.05, 0) is 63.8 Å². The standard InChI is InChI=1S/C22H33NO5/c1-4-12-17-13(18-19(12)28-21(25)22(18,3)26)6-5-9-23-14(7-8-15(17)23)16-10-11(2)20(24)27-16/h11-19,26H,4-10H2,1-3H3/t11-,12-,13+,14-,15-,16-,17-,18-,19+,22-/m0/s1. The molecule has 1 aliphatic carbocycles. The van der Waals surface area contributed by atoms with Crippen molar-refractivity contribution in [3.05, 3.63) is 0 Å². The SMILES string of the molecule is CC[C@@H]1[C@H]2OC(=O)[C@@](C)(O)[C@H]2[C@@H]2CCCN3[C@@H](CC[C@H]3[C@@H]3C[C@H](C)C(=O)O3)[C@@H]12. The van der Waals surface area contributed by atoms with E-state index in [0.29, 0.717) is 29.8 Å². The first-order valence-electron chi connectivity index (χ1n) is 11.2. The lowest BCUT2D eigenvalue weighted by atomic mass is 9.75. The lowest BCUT2D eigenvalue weighted by Crippen LogP contribution is -2.47. The summed E-state index contributed by atoms with van der Waals surface area (Å²) in [5, 5.41) is 11.0. The van der Waals surface area contributed by atoms with Crippen molar-refractivity contribution < 1.29 is 24.2 Å². The highest BCUT2D eigenvalue weighted by Crippen LogP contribution is 2.59. The summed E-state index contributed by atoms with van der Waals surface area (Å²) >= 11 is 0. The molecular weight excluding hydrogens is 358 g/mol. The van der Waals surface area contributed by atoms with E-state index >= 15 is 0 Å². The molecule has 6 heteroatoms. The molecule has 5 rings (SSSR count). The minimum Gasteiger partial charge on any atom is -0.460 e. The number of carbonyl (C=O) groups excluding carboxylic acids is 2. The zero-order chi connectivity index (χ0) is 19.8. The van der Waals surface area contributed by atoms with E-state index < -0.39 is 11.6 Å². The maximum absolute atomic E-state index is 12.3. The molecule has 5 aliphatic rings. The van der Waals surface area contributed by atoms with Crippen molar-refractivity contribution in [2.24, 2.45) is 29.6 Å². The normalized spacial score (nSPS) is 53.4. The molecule has 0 aromatic heterocycles. The molecule has 4 saturated heterocycles. The van der Waals surface area contributed by atoms with Crippen LogP contribution in [0.5, 0.6) is 0 Å². The maximum atomic E-state index is 12.3. The summed E-state index contributed by atoms with van der Waals surface area (Å²) in [4.78, 5) is 26.9. The highest BCUT2D eigenvalue weighted by molar-refractivity contribution is 5.82. The number of carbonyl (C=O) groups is 2. The Balaban J connectivity index is 1.44. The fraction of sp³-hybridized carbons (Fsp3) is 0.909. The van der Waals surface area contributed by atoms with E-state index in [1.807, 2.05) is 6.92 Å². The molecule has 0 radical (unpaired) electrons. The maximum Gasteiger partial charge on any atom is 0.338 e. The molecule has 156 valence electrons. The summed E-state index contributed by atoms with van der Waals surface area (Å²) in [5.74, 6) is 0.521. The van der Waals surface area contributed by atoms with Crippen molar-refractivity contribution >= 4 is 11.9 Å². The van der Waals surface area contributed by atoms with Crippen LogP contribution in [0.1, 0.15) is 59.3 Å². The third-order valence-corrected chi connectivity index (χ3v) is 8.70. The van der Waals surface area contributed by atoms with Gasteiger partial charge >= 0.3 is 11.9 Å². The van der Waals surface area contributed by atoms with Crippen molar-refractivity contribution in [3.63, 3.8) is 0 Å². The predicted octanol–water partition coefficient (Wildman–Crippen LogP) is 2.13. The van der Waals surface area contributed by atoms with Crippen molar-refractivity contribution in [1.29, 1.82) is 0 Å². The van der Waals surface area contributed by atoms with E-state index in [2.05, 4.69) is 11.8 Å². The van der Waals surface area contributed by atoms with Gasteiger partial charge in [-0.1, -0.05) is 13.8 Å². The number of hydrogen-bond acceptors (Lipinski definition) is 6. The largest absolute Gasteiger partial charge is 0.460 e. The van der Waals surface area contributed by atoms with Crippen LogP contribution in [0, 0.1) is 29.6 Å². The summed E-state index contributed by atoms with van der Waals surface area (Å²) in [7, 11) is 0. The number of nitrogens with zero attached hydrogens (tertiary/aromatic N) is 1. The second-order valence-electron chi connectivity index (χ2n) is 10.1. The van der Waals surface area contributed by atoms with Gasteiger partial charge in [-0.15, -0.1) is 0 Å². The summed E-state index contributed by atoms with van der Waals surface area (Å²) in [6.07, 6.45) is 5.95. The summed E-state index contributed by atoms with van der Waals surface area (Å²) in [6, 6.07) is 0.760. The van der Waals surface area contributed by atoms with E-state index in [4.69, 9.17) is 9.47 Å². The fourth-order valence-corrected chi connectivity index (χ4v) is 7.58. The van der Waals surface area contributed by atoms with Crippen LogP contribution in [0.2, 0.25) is 0 Å². The summed E-state index contributed by atoms with van der Waals surface area (Å²) < 4.78 is 11.5. The molecule has 0 aromatic rings. The molecule has 5 fully saturated rings. The van der Waals surface area contributed by atoms with Crippen molar-refractivity contribution in [1.82, 2.24) is 4.90 Å². The monoisotopic (exact) mass is 391 g/mol. The number of aliphatic hydroxyl groups is 1. The number of rotatable bonds is 2. The molecule has 0 bridgehead atoms. The fourth-order valence-electron chi connectivity index (χ4n) is 7.58. The number of cyclic esters (lactones) is 1. The molecule has 1 saturated carbocycles. The molecule has 28 heavy (non-hydrogen) atoms. The zero-order valence-corrected chi connectivity index (χ0v) is 17.2. The Morgan fingerprint density at radius 2 is 1.93 bits per heavy atom. The molecule has 0 aromatic carbocycles. The van der Waals surface area contributed by atoms with Crippen LogP contribution in [0.4, 0.5) is 0 Å². The second kappa shape index (κ2) is 6.43. The van der Waals surface area contributed by atoms with Gasteiger partial charge in [-0.25, -0.2) is 4.79 Å². The first kappa shape index (κ1) is 18.9. The highest BCUT2D eigenvalue weighted by atomic mass is 16.6. The van der Waals surface area contributed by atoms with Gasteiger partial charge in [-0.2, -0.15) is 0 Å². The van der Waals surface area contributed by atoms with Crippen LogP contribution in [0.3, 0.4) is 0 Å². The Kier molecular flexibility index (Phi) is 4.33. The Morgan fingerprint density at radius 1 is 1.18 bits per heavy atom. The van der Waals surface area contributed by atoms with Crippen LogP contribution in [0.25, 0.3) is 0 Å². The number of esters is 2. The minimum atomic E-state index is -1.36. The van der Waals surface area contributed by atoms with E-state index in [0.717, 1.165) is 45.1 Å². The first-order valence-corrected chi connectivity index (χ1v) is 11.2. The van der Waals surface area contributed by atoms with Crippen LogP contribution in [0.15, 0.2) is 0 Å². The van der Waals surface area contributed by atoms with E-state index in [9.17, 15) is 14.7 Å². The predicted molar refractivity (Wildman–Crippen MR) is 101 cm³/mol. The highest BCUT2D eigenvalue weighted by Gasteiger charge is 2.67. The van der Waals surface area contributed by atoms with Crippen molar-refractivity contribution in [3.8, 4) is 0 Å². The van der Waals surface area contributed by atoms with Gasteiger partial charge in [0, 0.05) is 23.9 Å². The topological polar surface area (TPSA) is 76.1 Å². The Bertz CT molecular complexity index is 678. The number of ether oxygens (including phenoxy) is 2. The molecule has 0 unspecified atom stereocenters. The van der Waals surface area contributed by atoms with Gasteiger partial charge in [0.05, 0.1) is 5.92 Å². The Morgan fingerprint density at radius 3 is 2.61 bits per heavy atom. The van der Waals surface area contributed by atoms with Crippen LogP contribution < -0.4 is 0 Å². The van der Waals surface area contributed by atoms with Crippen LogP contribution >= 0.6 is 0 Å². The van der Waals surface area contributed by atoms with Crippen LogP contribution in [-0.2, 0) is 19.1 Å². The Hall–Kier alpha value is -1.14. The number of hydrogen-bond donors (Lipinski definition) is 1. The average molecular weight is 392 g/mol. The zero-order valence-electron chi connectivity index (χ0n) is 17.2. The molecule has 10 atom stereocenters. The lowest BCUT2D eigenvalue weighted by Gasteiger charge is -2.38. The Labute approximate surface area is 166 Å². The van der Waals surface area contributed by atoms with Crippen LogP contribution in [-0.4, -0.2) is 58.4 Å². The van der Waals surface area contributed by atoms with Gasteiger partial charge in [0.15, 0.2) is 5.60 Å². The van der Waals surface area contributed by atoms with E-state index in [-0.39, 0.29) is 30.0 Å². The van der Waals surface area contributed by atoms with Gasteiger partial charge < -0.3 is 14.6 Å². The van der Waals surface area contributed by atoms with E-state index in [1.165, 1.54) is 0 Å². The number of fused-ring (bicyclic) bond motifs is 5. The summed E-state index contributed by atoms with van der Waals surface area (Å²) in [6.45, 7) is 6.84. The van der Waals surface area contributed by atoms with Crippen molar-refractivity contribution in [2.45, 2.75) is 89.2 Å². The molecule has 0 spiro atoms. The van der Waals surface area contributed by atoms with Crippen molar-refractivity contribution in [2.75, 3.05) is 6.54 Å². The third kappa shape index (κ3) is 2.46. The second-order valence-corrected chi connectivity index (χ2v) is 10.1. The van der Waals surface area contributed by atoms with Gasteiger partial charge in [-0.3, -0.25) is 9.69 Å². The van der Waals surface area contributed by atoms with Gasteiger partial charge in [0.2, 0.25) is 0 Å². The molecule has 4 heterocycles. The molecule has 4 aliphatic heterocycles. The van der Waals surface area contributed by atoms with E-state index in [1.54, 1.807) is 6.92 Å².